The van der Waals surface area contributed by atoms with E-state index in [1.54, 1.807) is 0 Å². The number of benzene rings is 1. The first-order chi connectivity index (χ1) is 6.29. The molecule has 0 saturated carbocycles. The van der Waals surface area contributed by atoms with Gasteiger partial charge in [-0.05, 0) is 15.9 Å². The van der Waals surface area contributed by atoms with Crippen molar-refractivity contribution in [1.29, 1.82) is 0 Å². The minimum atomic E-state index is -4.93. The Kier molecular flexibility index (Phi) is 2.89. The summed E-state index contributed by atoms with van der Waals surface area (Å²) < 4.78 is 50.9. The normalized spacial score (nSPS) is 11.5. The van der Waals surface area contributed by atoms with E-state index in [1.165, 1.54) is 0 Å². The molecule has 0 aliphatic carbocycles. The first-order valence-electron chi connectivity index (χ1n) is 3.23. The van der Waals surface area contributed by atoms with Gasteiger partial charge in [0.2, 0.25) is 0 Å². The topological polar surface area (TPSA) is 29.5 Å². The molecule has 0 aliphatic heterocycles. The largest absolute Gasteiger partial charge is 0.573 e. The zero-order chi connectivity index (χ0) is 10.9. The van der Waals surface area contributed by atoms with Gasteiger partial charge < -0.3 is 9.84 Å². The number of ether oxygens (including phenoxy) is 1. The van der Waals surface area contributed by atoms with E-state index in [0.29, 0.717) is 12.1 Å². The standard InChI is InChI=1S/C7H3BrF4O2/c8-6-4(13)1-3(9)2-5(6)14-7(10,11)12/h1-2,13H. The number of halogens is 5. The van der Waals surface area contributed by atoms with E-state index in [-0.39, 0.29) is 4.47 Å². The van der Waals surface area contributed by atoms with Crippen LogP contribution >= 0.6 is 15.9 Å². The summed E-state index contributed by atoms with van der Waals surface area (Å²) in [7, 11) is 0. The number of alkyl halides is 3. The van der Waals surface area contributed by atoms with Gasteiger partial charge in [0.15, 0.2) is 0 Å². The summed E-state index contributed by atoms with van der Waals surface area (Å²) >= 11 is 2.63. The predicted molar refractivity (Wildman–Crippen MR) is 42.4 cm³/mol. The highest BCUT2D eigenvalue weighted by Crippen LogP contribution is 2.37. The van der Waals surface area contributed by atoms with E-state index < -0.39 is 23.7 Å². The lowest BCUT2D eigenvalue weighted by Crippen LogP contribution is -2.17. The summed E-state index contributed by atoms with van der Waals surface area (Å²) in [5.41, 5.74) is 0. The van der Waals surface area contributed by atoms with E-state index in [2.05, 4.69) is 20.7 Å². The van der Waals surface area contributed by atoms with Crippen molar-refractivity contribution in [2.45, 2.75) is 6.36 Å². The first-order valence-corrected chi connectivity index (χ1v) is 4.02. The third-order valence-corrected chi connectivity index (χ3v) is 2.01. The molecule has 0 atom stereocenters. The van der Waals surface area contributed by atoms with Crippen molar-refractivity contribution in [3.63, 3.8) is 0 Å². The third-order valence-electron chi connectivity index (χ3n) is 1.21. The summed E-state index contributed by atoms with van der Waals surface area (Å²) in [5.74, 6) is -2.51. The molecule has 0 aliphatic rings. The van der Waals surface area contributed by atoms with Gasteiger partial charge in [0.25, 0.3) is 0 Å². The molecule has 78 valence electrons. The number of aromatic hydroxyl groups is 1. The van der Waals surface area contributed by atoms with Gasteiger partial charge in [-0.2, -0.15) is 0 Å². The molecule has 0 radical (unpaired) electrons. The Bertz CT molecular complexity index is 350. The number of phenols is 1. The fraction of sp³-hybridized carbons (Fsp3) is 0.143. The lowest BCUT2D eigenvalue weighted by molar-refractivity contribution is -0.275. The average molecular weight is 275 g/mol. The van der Waals surface area contributed by atoms with Crippen LogP contribution < -0.4 is 4.74 Å². The van der Waals surface area contributed by atoms with E-state index in [9.17, 15) is 17.6 Å². The Labute approximate surface area is 84.2 Å². The van der Waals surface area contributed by atoms with Crippen LogP contribution in [0.4, 0.5) is 17.6 Å². The lowest BCUT2D eigenvalue weighted by atomic mass is 10.3. The maximum absolute atomic E-state index is 12.6. The molecule has 2 nitrogen and oxygen atoms in total. The van der Waals surface area contributed by atoms with Gasteiger partial charge >= 0.3 is 6.36 Å². The van der Waals surface area contributed by atoms with Crippen molar-refractivity contribution in [2.75, 3.05) is 0 Å². The molecule has 1 rings (SSSR count). The fourth-order valence-electron chi connectivity index (χ4n) is 0.749. The summed E-state index contributed by atoms with van der Waals surface area (Å²) in [6, 6.07) is 1.17. The Hall–Kier alpha value is -0.980. The molecule has 1 N–H and O–H groups in total. The highest BCUT2D eigenvalue weighted by Gasteiger charge is 2.32. The highest BCUT2D eigenvalue weighted by molar-refractivity contribution is 9.10. The number of rotatable bonds is 1. The maximum Gasteiger partial charge on any atom is 0.573 e. The number of hydrogen-bond acceptors (Lipinski definition) is 2. The molecule has 1 aromatic carbocycles. The van der Waals surface area contributed by atoms with E-state index in [0.717, 1.165) is 0 Å². The molecule has 0 spiro atoms. The summed E-state index contributed by atoms with van der Waals surface area (Å²) in [6.45, 7) is 0. The molecular weight excluding hydrogens is 272 g/mol. The van der Waals surface area contributed by atoms with Crippen molar-refractivity contribution in [3.8, 4) is 11.5 Å². The molecule has 0 fully saturated rings. The van der Waals surface area contributed by atoms with E-state index >= 15 is 0 Å². The minimum absolute atomic E-state index is 0.351. The second-order valence-corrected chi connectivity index (χ2v) is 3.08. The van der Waals surface area contributed by atoms with Crippen molar-refractivity contribution in [3.05, 3.63) is 22.4 Å². The van der Waals surface area contributed by atoms with Crippen molar-refractivity contribution < 1.29 is 27.4 Å². The minimum Gasteiger partial charge on any atom is -0.507 e. The van der Waals surface area contributed by atoms with E-state index in [4.69, 9.17) is 5.11 Å². The van der Waals surface area contributed by atoms with Crippen LogP contribution in [0.1, 0.15) is 0 Å². The molecule has 7 heteroatoms. The van der Waals surface area contributed by atoms with Crippen LogP contribution in [0.15, 0.2) is 16.6 Å². The Morgan fingerprint density at radius 1 is 1.29 bits per heavy atom. The third kappa shape index (κ3) is 2.76. The molecule has 0 bridgehead atoms. The van der Waals surface area contributed by atoms with Crippen LogP contribution in [0.3, 0.4) is 0 Å². The molecule has 14 heavy (non-hydrogen) atoms. The van der Waals surface area contributed by atoms with Gasteiger partial charge in [0.1, 0.15) is 21.8 Å². The van der Waals surface area contributed by atoms with Crippen LogP contribution in [0.25, 0.3) is 0 Å². The lowest BCUT2D eigenvalue weighted by Gasteiger charge is -2.11. The molecule has 0 saturated heterocycles. The molecule has 1 aromatic rings. The molecule has 0 amide bonds. The van der Waals surface area contributed by atoms with Gasteiger partial charge in [-0.15, -0.1) is 13.2 Å². The molecule has 0 heterocycles. The number of phenolic OH excluding ortho intramolecular Hbond substituents is 1. The summed E-state index contributed by atoms with van der Waals surface area (Å²) in [6.07, 6.45) is -4.93. The Morgan fingerprint density at radius 2 is 1.86 bits per heavy atom. The number of hydrogen-bond donors (Lipinski definition) is 1. The van der Waals surface area contributed by atoms with Crippen molar-refractivity contribution in [1.82, 2.24) is 0 Å². The van der Waals surface area contributed by atoms with Gasteiger partial charge in [0, 0.05) is 12.1 Å². The molecule has 0 aromatic heterocycles. The maximum atomic E-state index is 12.6. The second-order valence-electron chi connectivity index (χ2n) is 2.28. The van der Waals surface area contributed by atoms with Crippen LogP contribution in [0.2, 0.25) is 0 Å². The SMILES string of the molecule is Oc1cc(F)cc(OC(F)(F)F)c1Br. The zero-order valence-corrected chi connectivity index (χ0v) is 7.99. The quantitative estimate of drug-likeness (QED) is 0.797. The molecular formula is C7H3BrF4O2. The second kappa shape index (κ2) is 3.64. The van der Waals surface area contributed by atoms with Crippen LogP contribution in [0.5, 0.6) is 11.5 Å². The fourth-order valence-corrected chi connectivity index (χ4v) is 1.06. The average Bonchev–Trinajstić information content (AvgIpc) is 1.96. The summed E-state index contributed by atoms with van der Waals surface area (Å²) in [4.78, 5) is 0. The Morgan fingerprint density at radius 3 is 2.36 bits per heavy atom. The van der Waals surface area contributed by atoms with Crippen LogP contribution in [-0.4, -0.2) is 11.5 Å². The Balaban J connectivity index is 3.09. The van der Waals surface area contributed by atoms with Crippen LogP contribution in [0, 0.1) is 5.82 Å². The highest BCUT2D eigenvalue weighted by atomic mass is 79.9. The summed E-state index contributed by atoms with van der Waals surface area (Å²) in [5, 5.41) is 8.94. The smallest absolute Gasteiger partial charge is 0.507 e. The first kappa shape index (κ1) is 11.1. The monoisotopic (exact) mass is 274 g/mol. The van der Waals surface area contributed by atoms with E-state index in [1.807, 2.05) is 0 Å². The predicted octanol–water partition coefficient (Wildman–Crippen LogP) is 3.19. The zero-order valence-electron chi connectivity index (χ0n) is 6.40. The molecule has 0 unspecified atom stereocenters. The van der Waals surface area contributed by atoms with Gasteiger partial charge in [-0.25, -0.2) is 4.39 Å². The van der Waals surface area contributed by atoms with Gasteiger partial charge in [-0.3, -0.25) is 0 Å². The van der Waals surface area contributed by atoms with Gasteiger partial charge in [-0.1, -0.05) is 0 Å². The van der Waals surface area contributed by atoms with Crippen molar-refractivity contribution in [2.24, 2.45) is 0 Å². The van der Waals surface area contributed by atoms with Crippen molar-refractivity contribution >= 4 is 15.9 Å². The van der Waals surface area contributed by atoms with Crippen LogP contribution in [-0.2, 0) is 0 Å². The van der Waals surface area contributed by atoms with Gasteiger partial charge in [0.05, 0.1) is 0 Å².